The summed E-state index contributed by atoms with van der Waals surface area (Å²) in [6, 6.07) is 13.1. The number of benzene rings is 2. The number of hydrogen-bond acceptors (Lipinski definition) is 6. The molecule has 0 saturated heterocycles. The largest absolute Gasteiger partial charge is 0.493 e. The quantitative estimate of drug-likeness (QED) is 0.453. The average Bonchev–Trinajstić information content (AvgIpc) is 3.31. The first-order valence-corrected chi connectivity index (χ1v) is 10.5. The van der Waals surface area contributed by atoms with Crippen molar-refractivity contribution < 1.29 is 19.2 Å². The van der Waals surface area contributed by atoms with E-state index in [0.29, 0.717) is 30.2 Å². The molecule has 1 aliphatic rings. The van der Waals surface area contributed by atoms with Crippen molar-refractivity contribution >= 4 is 28.7 Å². The second-order valence-corrected chi connectivity index (χ2v) is 7.98. The van der Waals surface area contributed by atoms with Crippen LogP contribution in [0.2, 0.25) is 0 Å². The molecule has 2 aromatic carbocycles. The number of nitrogens with zero attached hydrogens (tertiary/aromatic N) is 2. The van der Waals surface area contributed by atoms with Gasteiger partial charge in [-0.05, 0) is 47.2 Å². The van der Waals surface area contributed by atoms with Crippen LogP contribution in [-0.4, -0.2) is 36.6 Å². The number of non-ortho nitro benzene ring substituents is 1. The third-order valence-electron chi connectivity index (χ3n) is 5.26. The van der Waals surface area contributed by atoms with Crippen molar-refractivity contribution in [2.45, 2.75) is 12.5 Å². The van der Waals surface area contributed by atoms with Gasteiger partial charge in [-0.2, -0.15) is 0 Å². The molecular formula is C22H21N3O5S. The van der Waals surface area contributed by atoms with Gasteiger partial charge >= 0.3 is 6.03 Å². The summed E-state index contributed by atoms with van der Waals surface area (Å²) in [6.07, 6.45) is 0.653. The van der Waals surface area contributed by atoms with Gasteiger partial charge < -0.3 is 19.7 Å². The Morgan fingerprint density at radius 2 is 1.94 bits per heavy atom. The standard InChI is InChI=1S/C22H21N3O5S/c1-29-18-11-14-8-9-24(22(26)23-15-5-3-6-16(12-15)25(27)28)21(20-7-4-10-31-20)17(14)13-19(18)30-2/h3-7,10-13,21H,8-9H2,1-2H3,(H,23,26). The van der Waals surface area contributed by atoms with Crippen molar-refractivity contribution in [3.05, 3.63) is 80.0 Å². The summed E-state index contributed by atoms with van der Waals surface area (Å²) in [5, 5.41) is 15.8. The van der Waals surface area contributed by atoms with Crippen LogP contribution in [0.25, 0.3) is 0 Å². The van der Waals surface area contributed by atoms with Crippen LogP contribution < -0.4 is 14.8 Å². The van der Waals surface area contributed by atoms with Gasteiger partial charge in [0.2, 0.25) is 0 Å². The highest BCUT2D eigenvalue weighted by molar-refractivity contribution is 7.10. The Morgan fingerprint density at radius 1 is 1.16 bits per heavy atom. The first kappa shape index (κ1) is 20.7. The molecule has 1 atom stereocenters. The number of nitro groups is 1. The van der Waals surface area contributed by atoms with E-state index in [2.05, 4.69) is 5.32 Å². The molecule has 0 fully saturated rings. The maximum atomic E-state index is 13.2. The van der Waals surface area contributed by atoms with Crippen molar-refractivity contribution in [1.29, 1.82) is 0 Å². The zero-order valence-electron chi connectivity index (χ0n) is 17.0. The van der Waals surface area contributed by atoms with E-state index in [0.717, 1.165) is 16.0 Å². The number of thiophene rings is 1. The second-order valence-electron chi connectivity index (χ2n) is 7.00. The molecular weight excluding hydrogens is 418 g/mol. The van der Waals surface area contributed by atoms with Crippen molar-refractivity contribution in [2.75, 3.05) is 26.1 Å². The molecule has 2 heterocycles. The lowest BCUT2D eigenvalue weighted by Crippen LogP contribution is -2.42. The number of ether oxygens (including phenoxy) is 2. The average molecular weight is 439 g/mol. The molecule has 1 aliphatic heterocycles. The summed E-state index contributed by atoms with van der Waals surface area (Å²) in [6.45, 7) is 0.492. The number of hydrogen-bond donors (Lipinski definition) is 1. The van der Waals surface area contributed by atoms with E-state index in [-0.39, 0.29) is 17.8 Å². The molecule has 0 bridgehead atoms. The summed E-state index contributed by atoms with van der Waals surface area (Å²) in [5.41, 5.74) is 2.37. The van der Waals surface area contributed by atoms with Crippen LogP contribution in [0.1, 0.15) is 22.0 Å². The fourth-order valence-corrected chi connectivity index (χ4v) is 4.67. The Morgan fingerprint density at radius 3 is 2.61 bits per heavy atom. The van der Waals surface area contributed by atoms with Crippen LogP contribution in [0.5, 0.6) is 11.5 Å². The Bertz CT molecular complexity index is 1120. The normalized spacial score (nSPS) is 15.2. The van der Waals surface area contributed by atoms with Gasteiger partial charge in [-0.15, -0.1) is 11.3 Å². The predicted molar refractivity (Wildman–Crippen MR) is 118 cm³/mol. The van der Waals surface area contributed by atoms with Gasteiger partial charge in [0.05, 0.1) is 25.2 Å². The molecule has 9 heteroatoms. The molecule has 8 nitrogen and oxygen atoms in total. The highest BCUT2D eigenvalue weighted by Gasteiger charge is 2.34. The zero-order valence-corrected chi connectivity index (χ0v) is 17.8. The SMILES string of the molecule is COc1cc2c(cc1OC)C(c1cccs1)N(C(=O)Nc1cccc([N+](=O)[O-])c1)CC2. The summed E-state index contributed by atoms with van der Waals surface area (Å²) >= 11 is 1.57. The van der Waals surface area contributed by atoms with E-state index in [9.17, 15) is 14.9 Å². The Kier molecular flexibility index (Phi) is 5.77. The van der Waals surface area contributed by atoms with Crippen molar-refractivity contribution in [3.63, 3.8) is 0 Å². The van der Waals surface area contributed by atoms with E-state index in [1.54, 1.807) is 42.6 Å². The monoisotopic (exact) mass is 439 g/mol. The molecule has 31 heavy (non-hydrogen) atoms. The van der Waals surface area contributed by atoms with E-state index in [1.165, 1.54) is 12.1 Å². The van der Waals surface area contributed by atoms with Crippen LogP contribution in [0, 0.1) is 10.1 Å². The minimum absolute atomic E-state index is 0.0755. The number of fused-ring (bicyclic) bond motifs is 1. The molecule has 0 spiro atoms. The number of carbonyl (C=O) groups is 1. The fourth-order valence-electron chi connectivity index (χ4n) is 3.81. The first-order valence-electron chi connectivity index (χ1n) is 9.62. The van der Waals surface area contributed by atoms with Crippen LogP contribution in [0.15, 0.2) is 53.9 Å². The summed E-state index contributed by atoms with van der Waals surface area (Å²) in [7, 11) is 3.18. The number of anilines is 1. The maximum Gasteiger partial charge on any atom is 0.322 e. The van der Waals surface area contributed by atoms with E-state index >= 15 is 0 Å². The Labute approximate surface area is 183 Å². The van der Waals surface area contributed by atoms with Gasteiger partial charge in [0.25, 0.3) is 5.69 Å². The third kappa shape index (κ3) is 4.04. The highest BCUT2D eigenvalue weighted by atomic mass is 32.1. The second kappa shape index (κ2) is 8.65. The first-order chi connectivity index (χ1) is 15.0. The number of amides is 2. The number of urea groups is 1. The van der Waals surface area contributed by atoms with Crippen LogP contribution in [-0.2, 0) is 6.42 Å². The molecule has 1 N–H and O–H groups in total. The molecule has 0 aliphatic carbocycles. The van der Waals surface area contributed by atoms with Gasteiger partial charge in [0, 0.05) is 29.2 Å². The van der Waals surface area contributed by atoms with Crippen LogP contribution >= 0.6 is 11.3 Å². The van der Waals surface area contributed by atoms with Crippen molar-refractivity contribution in [1.82, 2.24) is 4.90 Å². The van der Waals surface area contributed by atoms with Gasteiger partial charge in [-0.1, -0.05) is 12.1 Å². The van der Waals surface area contributed by atoms with Gasteiger partial charge in [-0.25, -0.2) is 4.79 Å². The highest BCUT2D eigenvalue weighted by Crippen LogP contribution is 2.42. The van der Waals surface area contributed by atoms with E-state index < -0.39 is 4.92 Å². The number of methoxy groups -OCH3 is 2. The summed E-state index contributed by atoms with van der Waals surface area (Å²) in [5.74, 6) is 1.25. The molecule has 160 valence electrons. The zero-order chi connectivity index (χ0) is 22.0. The minimum Gasteiger partial charge on any atom is -0.493 e. The number of rotatable bonds is 5. The predicted octanol–water partition coefficient (Wildman–Crippen LogP) is 4.85. The molecule has 1 unspecified atom stereocenters. The molecule has 2 amide bonds. The molecule has 3 aromatic rings. The number of nitrogens with one attached hydrogen (secondary N) is 1. The summed E-state index contributed by atoms with van der Waals surface area (Å²) in [4.78, 5) is 26.6. The van der Waals surface area contributed by atoms with Crippen LogP contribution in [0.4, 0.5) is 16.2 Å². The Hall–Kier alpha value is -3.59. The lowest BCUT2D eigenvalue weighted by atomic mass is 9.91. The molecule has 0 radical (unpaired) electrons. The van der Waals surface area contributed by atoms with Crippen LogP contribution in [0.3, 0.4) is 0 Å². The van der Waals surface area contributed by atoms with Gasteiger partial charge in [0.15, 0.2) is 11.5 Å². The van der Waals surface area contributed by atoms with Gasteiger partial charge in [0.1, 0.15) is 0 Å². The van der Waals surface area contributed by atoms with Crippen molar-refractivity contribution in [2.24, 2.45) is 0 Å². The van der Waals surface area contributed by atoms with Gasteiger partial charge in [-0.3, -0.25) is 10.1 Å². The number of nitro benzene ring substituents is 1. The molecule has 4 rings (SSSR count). The third-order valence-corrected chi connectivity index (χ3v) is 6.18. The minimum atomic E-state index is -0.485. The Balaban J connectivity index is 1.70. The topological polar surface area (TPSA) is 93.9 Å². The fraction of sp³-hybridized carbons (Fsp3) is 0.227. The maximum absolute atomic E-state index is 13.2. The summed E-state index contributed by atoms with van der Waals surface area (Å²) < 4.78 is 10.9. The van der Waals surface area contributed by atoms with Crippen molar-refractivity contribution in [3.8, 4) is 11.5 Å². The lowest BCUT2D eigenvalue weighted by molar-refractivity contribution is -0.384. The lowest BCUT2D eigenvalue weighted by Gasteiger charge is -2.37. The molecule has 0 saturated carbocycles. The smallest absolute Gasteiger partial charge is 0.322 e. The number of carbonyl (C=O) groups excluding carboxylic acids is 1. The van der Waals surface area contributed by atoms with E-state index in [4.69, 9.17) is 9.47 Å². The molecule has 1 aromatic heterocycles. The van der Waals surface area contributed by atoms with E-state index in [1.807, 2.05) is 29.6 Å².